The maximum Gasteiger partial charge on any atom is 0.222 e. The summed E-state index contributed by atoms with van der Waals surface area (Å²) in [6.45, 7) is 5.98. The van der Waals surface area contributed by atoms with Crippen molar-refractivity contribution < 1.29 is 13.2 Å². The summed E-state index contributed by atoms with van der Waals surface area (Å²) in [7, 11) is -2.98. The van der Waals surface area contributed by atoms with Crippen LogP contribution in [0, 0.1) is 0 Å². The average molecular weight is 401 g/mol. The summed E-state index contributed by atoms with van der Waals surface area (Å²) in [4.78, 5) is 16.5. The molecule has 2 heterocycles. The molecule has 26 heavy (non-hydrogen) atoms. The van der Waals surface area contributed by atoms with Crippen molar-refractivity contribution in [2.24, 2.45) is 4.99 Å². The van der Waals surface area contributed by atoms with Crippen molar-refractivity contribution in [1.82, 2.24) is 16.0 Å². The smallest absolute Gasteiger partial charge is 0.222 e. The number of rotatable bonds is 8. The van der Waals surface area contributed by atoms with E-state index in [1.807, 2.05) is 6.92 Å². The first-order valence-corrected chi connectivity index (χ1v) is 11.7. The summed E-state index contributed by atoms with van der Waals surface area (Å²) in [5.74, 6) is 1.10. The van der Waals surface area contributed by atoms with Crippen LogP contribution < -0.4 is 16.0 Å². The molecule has 9 heteroatoms. The van der Waals surface area contributed by atoms with Crippen molar-refractivity contribution in [1.29, 1.82) is 0 Å². The SMILES string of the molecule is CCNC(=NCC(C)c1ccsc1)NCCC(=O)NC1CCS(=O)(=O)C1. The van der Waals surface area contributed by atoms with Crippen molar-refractivity contribution in [3.8, 4) is 0 Å². The summed E-state index contributed by atoms with van der Waals surface area (Å²) in [5.41, 5.74) is 1.28. The minimum atomic E-state index is -2.98. The van der Waals surface area contributed by atoms with Crippen LogP contribution in [0.15, 0.2) is 21.8 Å². The molecule has 0 aromatic carbocycles. The van der Waals surface area contributed by atoms with E-state index in [2.05, 4.69) is 44.7 Å². The first-order valence-electron chi connectivity index (χ1n) is 8.93. The Morgan fingerprint density at radius 2 is 2.23 bits per heavy atom. The Kier molecular flexibility index (Phi) is 7.89. The van der Waals surface area contributed by atoms with Crippen LogP contribution >= 0.6 is 11.3 Å². The van der Waals surface area contributed by atoms with Gasteiger partial charge in [-0.15, -0.1) is 0 Å². The summed E-state index contributed by atoms with van der Waals surface area (Å²) in [5, 5.41) is 13.3. The molecule has 2 rings (SSSR count). The molecule has 1 saturated heterocycles. The van der Waals surface area contributed by atoms with Gasteiger partial charge in [0.25, 0.3) is 0 Å². The minimum Gasteiger partial charge on any atom is -0.357 e. The minimum absolute atomic E-state index is 0.0523. The molecule has 2 atom stereocenters. The Morgan fingerprint density at radius 3 is 2.85 bits per heavy atom. The Morgan fingerprint density at radius 1 is 1.42 bits per heavy atom. The number of carbonyl (C=O) groups excluding carboxylic acids is 1. The Hall–Kier alpha value is -1.61. The second kappa shape index (κ2) is 9.91. The van der Waals surface area contributed by atoms with Crippen LogP contribution in [-0.4, -0.2) is 57.5 Å². The van der Waals surface area contributed by atoms with Gasteiger partial charge in [-0.2, -0.15) is 11.3 Å². The zero-order chi connectivity index (χ0) is 19.0. The maximum absolute atomic E-state index is 12.0. The number of carbonyl (C=O) groups is 1. The van der Waals surface area contributed by atoms with Gasteiger partial charge in [-0.1, -0.05) is 6.92 Å². The van der Waals surface area contributed by atoms with E-state index in [4.69, 9.17) is 0 Å². The van der Waals surface area contributed by atoms with Crippen molar-refractivity contribution in [3.63, 3.8) is 0 Å². The number of hydrogen-bond donors (Lipinski definition) is 3. The fourth-order valence-corrected chi connectivity index (χ4v) is 5.19. The van der Waals surface area contributed by atoms with Gasteiger partial charge in [0.15, 0.2) is 15.8 Å². The standard InChI is InChI=1S/C17H28N4O3S2/c1-3-18-17(20-10-13(2)14-5-8-25-11-14)19-7-4-16(22)21-15-6-9-26(23,24)12-15/h5,8,11,13,15H,3-4,6-7,9-10,12H2,1-2H3,(H,21,22)(H2,18,19,20). The van der Waals surface area contributed by atoms with E-state index in [0.29, 0.717) is 31.4 Å². The topological polar surface area (TPSA) is 99.7 Å². The van der Waals surface area contributed by atoms with Gasteiger partial charge in [-0.25, -0.2) is 8.42 Å². The van der Waals surface area contributed by atoms with Gasteiger partial charge in [-0.3, -0.25) is 9.79 Å². The van der Waals surface area contributed by atoms with Crippen LogP contribution in [0.3, 0.4) is 0 Å². The van der Waals surface area contributed by atoms with Gasteiger partial charge in [0.05, 0.1) is 11.5 Å². The van der Waals surface area contributed by atoms with Crippen LogP contribution in [-0.2, 0) is 14.6 Å². The van der Waals surface area contributed by atoms with E-state index in [9.17, 15) is 13.2 Å². The largest absolute Gasteiger partial charge is 0.357 e. The summed E-state index contributed by atoms with van der Waals surface area (Å²) >= 11 is 1.68. The summed E-state index contributed by atoms with van der Waals surface area (Å²) in [6.07, 6.45) is 0.785. The van der Waals surface area contributed by atoms with Gasteiger partial charge in [0, 0.05) is 38.0 Å². The molecule has 3 N–H and O–H groups in total. The summed E-state index contributed by atoms with van der Waals surface area (Å²) in [6, 6.07) is 1.86. The van der Waals surface area contributed by atoms with Crippen molar-refractivity contribution >= 4 is 33.0 Å². The molecule has 7 nitrogen and oxygen atoms in total. The van der Waals surface area contributed by atoms with Gasteiger partial charge in [0.2, 0.25) is 5.91 Å². The lowest BCUT2D eigenvalue weighted by Gasteiger charge is -2.14. The molecule has 1 aromatic heterocycles. The average Bonchev–Trinajstić information content (AvgIpc) is 3.22. The van der Waals surface area contributed by atoms with Crippen LogP contribution in [0.1, 0.15) is 38.2 Å². The van der Waals surface area contributed by atoms with Gasteiger partial charge >= 0.3 is 0 Å². The first-order chi connectivity index (χ1) is 12.4. The van der Waals surface area contributed by atoms with E-state index in [0.717, 1.165) is 6.54 Å². The zero-order valence-corrected chi connectivity index (χ0v) is 17.0. The lowest BCUT2D eigenvalue weighted by Crippen LogP contribution is -2.41. The van der Waals surface area contributed by atoms with E-state index < -0.39 is 9.84 Å². The zero-order valence-electron chi connectivity index (χ0n) is 15.3. The molecular formula is C17H28N4O3S2. The first kappa shape index (κ1) is 20.7. The number of nitrogens with zero attached hydrogens (tertiary/aromatic N) is 1. The molecule has 0 radical (unpaired) electrons. The van der Waals surface area contributed by atoms with E-state index in [1.165, 1.54) is 5.56 Å². The number of nitrogens with one attached hydrogen (secondary N) is 3. The Labute approximate surface area is 159 Å². The molecule has 0 saturated carbocycles. The third-order valence-electron chi connectivity index (χ3n) is 4.22. The highest BCUT2D eigenvalue weighted by molar-refractivity contribution is 7.91. The molecule has 0 aliphatic carbocycles. The van der Waals surface area contributed by atoms with Gasteiger partial charge < -0.3 is 16.0 Å². The molecule has 1 amide bonds. The fourth-order valence-electron chi connectivity index (χ4n) is 2.73. The highest BCUT2D eigenvalue weighted by Crippen LogP contribution is 2.18. The number of sulfone groups is 1. The molecule has 1 fully saturated rings. The lowest BCUT2D eigenvalue weighted by molar-refractivity contribution is -0.121. The van der Waals surface area contributed by atoms with Crippen molar-refractivity contribution in [2.75, 3.05) is 31.1 Å². The number of thiophene rings is 1. The van der Waals surface area contributed by atoms with E-state index in [-0.39, 0.29) is 29.9 Å². The quantitative estimate of drug-likeness (QED) is 0.448. The van der Waals surface area contributed by atoms with Crippen molar-refractivity contribution in [2.45, 2.75) is 38.6 Å². The number of hydrogen-bond acceptors (Lipinski definition) is 5. The van der Waals surface area contributed by atoms with E-state index >= 15 is 0 Å². The maximum atomic E-state index is 12.0. The van der Waals surface area contributed by atoms with Crippen LogP contribution in [0.25, 0.3) is 0 Å². The van der Waals surface area contributed by atoms with Crippen LogP contribution in [0.5, 0.6) is 0 Å². The highest BCUT2D eigenvalue weighted by atomic mass is 32.2. The molecule has 1 aromatic rings. The predicted octanol–water partition coefficient (Wildman–Crippen LogP) is 1.10. The monoisotopic (exact) mass is 400 g/mol. The second-order valence-electron chi connectivity index (χ2n) is 6.52. The number of aliphatic imine (C=N–C) groups is 1. The molecule has 0 spiro atoms. The lowest BCUT2D eigenvalue weighted by atomic mass is 10.1. The molecule has 146 valence electrons. The Balaban J connectivity index is 1.73. The molecule has 2 unspecified atom stereocenters. The van der Waals surface area contributed by atoms with E-state index in [1.54, 1.807) is 11.3 Å². The normalized spacial score (nSPS) is 20.5. The summed E-state index contributed by atoms with van der Waals surface area (Å²) < 4.78 is 22.8. The highest BCUT2D eigenvalue weighted by Gasteiger charge is 2.28. The third-order valence-corrected chi connectivity index (χ3v) is 6.69. The Bertz CT molecular complexity index is 702. The number of guanidine groups is 1. The molecular weight excluding hydrogens is 372 g/mol. The van der Waals surface area contributed by atoms with Crippen LogP contribution in [0.4, 0.5) is 0 Å². The predicted molar refractivity (Wildman–Crippen MR) is 107 cm³/mol. The van der Waals surface area contributed by atoms with Crippen LogP contribution in [0.2, 0.25) is 0 Å². The van der Waals surface area contributed by atoms with Crippen molar-refractivity contribution in [3.05, 3.63) is 22.4 Å². The van der Waals surface area contributed by atoms with Gasteiger partial charge in [-0.05, 0) is 35.7 Å². The fraction of sp³-hybridized carbons (Fsp3) is 0.647. The van der Waals surface area contributed by atoms with Gasteiger partial charge in [0.1, 0.15) is 0 Å². The molecule has 1 aliphatic rings. The molecule has 1 aliphatic heterocycles. The second-order valence-corrected chi connectivity index (χ2v) is 9.53. The molecule has 0 bridgehead atoms. The number of amides is 1. The third kappa shape index (κ3) is 6.95.